The van der Waals surface area contributed by atoms with Gasteiger partial charge in [0.25, 0.3) is 0 Å². The van der Waals surface area contributed by atoms with Crippen molar-refractivity contribution in [2.24, 2.45) is 0 Å². The fraction of sp³-hybridized carbons (Fsp3) is 0.375. The van der Waals surface area contributed by atoms with Crippen LogP contribution < -0.4 is 0 Å². The lowest BCUT2D eigenvalue weighted by Gasteiger charge is -2.05. The van der Waals surface area contributed by atoms with Crippen LogP contribution in [0.3, 0.4) is 0 Å². The second-order valence-electron chi connectivity index (χ2n) is 4.23. The van der Waals surface area contributed by atoms with Crippen molar-refractivity contribution in [1.82, 2.24) is 0 Å². The number of rotatable bonds is 7. The number of hydrogen-bond acceptors (Lipinski definition) is 0. The first kappa shape index (κ1) is 12.8. The van der Waals surface area contributed by atoms with Gasteiger partial charge in [0.1, 0.15) is 0 Å². The van der Waals surface area contributed by atoms with Crippen LogP contribution in [-0.2, 0) is 6.42 Å². The Morgan fingerprint density at radius 1 is 0.938 bits per heavy atom. The van der Waals surface area contributed by atoms with E-state index in [9.17, 15) is 0 Å². The molecule has 1 rings (SSSR count). The third-order valence-corrected chi connectivity index (χ3v) is 2.83. The molecule has 0 heteroatoms. The molecule has 0 fully saturated rings. The lowest BCUT2D eigenvalue weighted by Crippen LogP contribution is -1.88. The molecule has 0 aromatic heterocycles. The van der Waals surface area contributed by atoms with Gasteiger partial charge in [-0.3, -0.25) is 0 Å². The van der Waals surface area contributed by atoms with Gasteiger partial charge in [-0.25, -0.2) is 0 Å². The molecule has 0 unspecified atom stereocenters. The minimum atomic E-state index is 1.17. The summed E-state index contributed by atoms with van der Waals surface area (Å²) in [5.74, 6) is 0. The lowest BCUT2D eigenvalue weighted by molar-refractivity contribution is 0.667. The highest BCUT2D eigenvalue weighted by Crippen LogP contribution is 2.15. The number of unbranched alkanes of at least 4 members (excludes halogenated alkanes) is 3. The van der Waals surface area contributed by atoms with Crippen LogP contribution >= 0.6 is 0 Å². The first-order chi connectivity index (χ1) is 7.80. The maximum Gasteiger partial charge on any atom is -0.0254 e. The molecule has 0 amide bonds. The average Bonchev–Trinajstić information content (AvgIpc) is 2.34. The van der Waals surface area contributed by atoms with Gasteiger partial charge < -0.3 is 0 Å². The van der Waals surface area contributed by atoms with Crippen LogP contribution in [0.25, 0.3) is 12.2 Å². The molecule has 0 heterocycles. The van der Waals surface area contributed by atoms with Crippen molar-refractivity contribution >= 4 is 12.2 Å². The Kier molecular flexibility index (Phi) is 5.63. The highest BCUT2D eigenvalue weighted by molar-refractivity contribution is 5.57. The summed E-state index contributed by atoms with van der Waals surface area (Å²) in [6, 6.07) is 6.58. The van der Waals surface area contributed by atoms with E-state index in [1.807, 2.05) is 12.2 Å². The fourth-order valence-corrected chi connectivity index (χ4v) is 1.88. The molecule has 0 saturated carbocycles. The highest BCUT2D eigenvalue weighted by Gasteiger charge is 1.97. The fourth-order valence-electron chi connectivity index (χ4n) is 1.88. The van der Waals surface area contributed by atoms with E-state index < -0.39 is 0 Å². The summed E-state index contributed by atoms with van der Waals surface area (Å²) in [6.07, 6.45) is 10.2. The van der Waals surface area contributed by atoms with Crippen LogP contribution in [0, 0.1) is 0 Å². The predicted octanol–water partition coefficient (Wildman–Crippen LogP) is 5.10. The Hall–Kier alpha value is -1.30. The van der Waals surface area contributed by atoms with Gasteiger partial charge in [0.05, 0.1) is 0 Å². The van der Waals surface area contributed by atoms with Crippen LogP contribution in [0.5, 0.6) is 0 Å². The lowest BCUT2D eigenvalue weighted by atomic mass is 10.0. The molecule has 1 aromatic carbocycles. The van der Waals surface area contributed by atoms with Crippen LogP contribution in [0.15, 0.2) is 31.4 Å². The van der Waals surface area contributed by atoms with E-state index in [2.05, 4.69) is 38.3 Å². The third-order valence-electron chi connectivity index (χ3n) is 2.83. The zero-order valence-corrected chi connectivity index (χ0v) is 10.3. The Morgan fingerprint density at radius 3 is 2.06 bits per heavy atom. The molecule has 86 valence electrons. The van der Waals surface area contributed by atoms with Gasteiger partial charge in [-0.15, -0.1) is 0 Å². The Morgan fingerprint density at radius 2 is 1.56 bits per heavy atom. The van der Waals surface area contributed by atoms with E-state index in [1.54, 1.807) is 0 Å². The SMILES string of the molecule is C=Cc1cc(C=C)cc(CCCCCC)c1. The zero-order valence-electron chi connectivity index (χ0n) is 10.3. The summed E-state index contributed by atoms with van der Waals surface area (Å²) in [5.41, 5.74) is 3.80. The van der Waals surface area contributed by atoms with Gasteiger partial charge in [-0.05, 0) is 35.6 Å². The van der Waals surface area contributed by atoms with Crippen LogP contribution in [0.1, 0.15) is 49.3 Å². The smallest absolute Gasteiger partial charge is 0.0254 e. The highest BCUT2D eigenvalue weighted by atomic mass is 14.0. The van der Waals surface area contributed by atoms with Crippen molar-refractivity contribution in [3.63, 3.8) is 0 Å². The van der Waals surface area contributed by atoms with Crippen molar-refractivity contribution < 1.29 is 0 Å². The van der Waals surface area contributed by atoms with Crippen molar-refractivity contribution in [3.8, 4) is 0 Å². The largest absolute Gasteiger partial charge is 0.0985 e. The second-order valence-corrected chi connectivity index (χ2v) is 4.23. The van der Waals surface area contributed by atoms with E-state index in [4.69, 9.17) is 0 Å². The first-order valence-electron chi connectivity index (χ1n) is 6.19. The molecule has 16 heavy (non-hydrogen) atoms. The number of hydrogen-bond donors (Lipinski definition) is 0. The topological polar surface area (TPSA) is 0 Å². The van der Waals surface area contributed by atoms with E-state index in [-0.39, 0.29) is 0 Å². The minimum Gasteiger partial charge on any atom is -0.0985 e. The maximum atomic E-state index is 3.82. The minimum absolute atomic E-state index is 1.17. The summed E-state index contributed by atoms with van der Waals surface area (Å²) in [5, 5.41) is 0. The molecule has 0 atom stereocenters. The summed E-state index contributed by atoms with van der Waals surface area (Å²) >= 11 is 0. The van der Waals surface area contributed by atoms with Crippen molar-refractivity contribution in [1.29, 1.82) is 0 Å². The van der Waals surface area contributed by atoms with Crippen LogP contribution in [-0.4, -0.2) is 0 Å². The second kappa shape index (κ2) is 7.05. The summed E-state index contributed by atoms with van der Waals surface area (Å²) < 4.78 is 0. The number of benzene rings is 1. The normalized spacial score (nSPS) is 10.1. The summed E-state index contributed by atoms with van der Waals surface area (Å²) in [7, 11) is 0. The van der Waals surface area contributed by atoms with Crippen molar-refractivity contribution in [3.05, 3.63) is 48.0 Å². The van der Waals surface area contributed by atoms with Gasteiger partial charge in [0.2, 0.25) is 0 Å². The third kappa shape index (κ3) is 4.06. The maximum absolute atomic E-state index is 3.82. The molecule has 0 aliphatic rings. The quantitative estimate of drug-likeness (QED) is 0.554. The Balaban J connectivity index is 2.64. The van der Waals surface area contributed by atoms with Gasteiger partial charge in [0.15, 0.2) is 0 Å². The van der Waals surface area contributed by atoms with Crippen LogP contribution in [0.2, 0.25) is 0 Å². The molecule has 0 N–H and O–H groups in total. The zero-order chi connectivity index (χ0) is 11.8. The Labute approximate surface area is 99.7 Å². The molecular weight excluding hydrogens is 192 g/mol. The molecule has 0 aliphatic carbocycles. The summed E-state index contributed by atoms with van der Waals surface area (Å²) in [6.45, 7) is 9.89. The molecule has 0 spiro atoms. The van der Waals surface area contributed by atoms with E-state index in [0.717, 1.165) is 0 Å². The molecule has 0 radical (unpaired) electrons. The Bertz CT molecular complexity index is 321. The van der Waals surface area contributed by atoms with Gasteiger partial charge in [0, 0.05) is 0 Å². The van der Waals surface area contributed by atoms with Gasteiger partial charge in [-0.2, -0.15) is 0 Å². The van der Waals surface area contributed by atoms with E-state index in [1.165, 1.54) is 48.8 Å². The standard InChI is InChI=1S/C16H22/c1-4-7-8-9-10-16-12-14(5-2)11-15(6-3)13-16/h5-6,11-13H,2-4,7-10H2,1H3. The molecular formula is C16H22. The molecule has 0 saturated heterocycles. The molecule has 1 aromatic rings. The van der Waals surface area contributed by atoms with Gasteiger partial charge in [-0.1, -0.05) is 63.6 Å². The van der Waals surface area contributed by atoms with Crippen LogP contribution in [0.4, 0.5) is 0 Å². The van der Waals surface area contributed by atoms with Crippen molar-refractivity contribution in [2.45, 2.75) is 39.0 Å². The van der Waals surface area contributed by atoms with E-state index in [0.29, 0.717) is 0 Å². The number of aryl methyl sites for hydroxylation is 1. The molecule has 0 bridgehead atoms. The van der Waals surface area contributed by atoms with Gasteiger partial charge >= 0.3 is 0 Å². The monoisotopic (exact) mass is 214 g/mol. The van der Waals surface area contributed by atoms with Crippen molar-refractivity contribution in [2.75, 3.05) is 0 Å². The van der Waals surface area contributed by atoms with E-state index >= 15 is 0 Å². The molecule has 0 nitrogen and oxygen atoms in total. The summed E-state index contributed by atoms with van der Waals surface area (Å²) in [4.78, 5) is 0. The average molecular weight is 214 g/mol. The predicted molar refractivity (Wildman–Crippen MR) is 74.5 cm³/mol. The first-order valence-corrected chi connectivity index (χ1v) is 6.19. The molecule has 0 aliphatic heterocycles.